The molecule has 4 aromatic rings. The Morgan fingerprint density at radius 2 is 1.82 bits per heavy atom. The molecular formula is C25H29N5O2S. The van der Waals surface area contributed by atoms with Crippen LogP contribution in [0.3, 0.4) is 0 Å². The molecule has 1 saturated heterocycles. The molecule has 0 aliphatic carbocycles. The molecule has 0 spiro atoms. The fourth-order valence-electron chi connectivity index (χ4n) is 4.86. The second-order valence-electron chi connectivity index (χ2n) is 9.03. The normalized spacial score (nSPS) is 17.9. The van der Waals surface area contributed by atoms with Crippen LogP contribution in [0, 0.1) is 13.8 Å². The van der Waals surface area contributed by atoms with E-state index in [0.717, 1.165) is 52.6 Å². The third-order valence-corrected chi connectivity index (χ3v) is 8.30. The summed E-state index contributed by atoms with van der Waals surface area (Å²) in [6.45, 7) is 5.51. The van der Waals surface area contributed by atoms with Crippen molar-refractivity contribution in [2.45, 2.75) is 39.4 Å². The van der Waals surface area contributed by atoms with Gasteiger partial charge in [0.25, 0.3) is 0 Å². The van der Waals surface area contributed by atoms with E-state index < -0.39 is 9.84 Å². The fraction of sp³-hybridized carbons (Fsp3) is 0.360. The van der Waals surface area contributed by atoms with Crippen LogP contribution in [-0.4, -0.2) is 51.0 Å². The lowest BCUT2D eigenvalue weighted by Gasteiger charge is -2.18. The predicted octanol–water partition coefficient (Wildman–Crippen LogP) is 3.81. The summed E-state index contributed by atoms with van der Waals surface area (Å²) in [5, 5.41) is 4.73. The Bertz CT molecular complexity index is 1410. The summed E-state index contributed by atoms with van der Waals surface area (Å²) in [5.74, 6) is 0.439. The smallest absolute Gasteiger partial charge is 0.152 e. The van der Waals surface area contributed by atoms with Crippen molar-refractivity contribution >= 4 is 15.5 Å². The zero-order valence-electron chi connectivity index (χ0n) is 19.3. The number of sulfone groups is 1. The predicted molar refractivity (Wildman–Crippen MR) is 130 cm³/mol. The van der Waals surface area contributed by atoms with Gasteiger partial charge in [-0.2, -0.15) is 5.10 Å². The molecule has 172 valence electrons. The van der Waals surface area contributed by atoms with Crippen molar-refractivity contribution in [1.29, 1.82) is 0 Å². The van der Waals surface area contributed by atoms with Crippen molar-refractivity contribution in [3.63, 3.8) is 0 Å². The summed E-state index contributed by atoms with van der Waals surface area (Å²) in [7, 11) is -0.850. The Morgan fingerprint density at radius 3 is 2.55 bits per heavy atom. The number of aromatic nitrogens is 4. The summed E-state index contributed by atoms with van der Waals surface area (Å²) < 4.78 is 28.0. The zero-order chi connectivity index (χ0) is 23.2. The molecule has 33 heavy (non-hydrogen) atoms. The molecule has 8 heteroatoms. The van der Waals surface area contributed by atoms with E-state index in [4.69, 9.17) is 10.1 Å². The van der Waals surface area contributed by atoms with Gasteiger partial charge in [-0.15, -0.1) is 0 Å². The molecule has 0 bridgehead atoms. The van der Waals surface area contributed by atoms with E-state index in [0.29, 0.717) is 6.42 Å². The number of fused-ring (bicyclic) bond motifs is 1. The number of rotatable bonds is 6. The summed E-state index contributed by atoms with van der Waals surface area (Å²) in [6, 6.07) is 16.3. The van der Waals surface area contributed by atoms with Crippen LogP contribution in [0.5, 0.6) is 0 Å². The number of pyridine rings is 1. The lowest BCUT2D eigenvalue weighted by Crippen LogP contribution is -2.20. The highest BCUT2D eigenvalue weighted by Crippen LogP contribution is 2.29. The third-order valence-electron chi connectivity index (χ3n) is 6.55. The van der Waals surface area contributed by atoms with Gasteiger partial charge in [0, 0.05) is 36.1 Å². The minimum absolute atomic E-state index is 0.0591. The Labute approximate surface area is 194 Å². The molecule has 0 N–H and O–H groups in total. The lowest BCUT2D eigenvalue weighted by molar-refractivity contribution is 0.313. The highest BCUT2D eigenvalue weighted by Gasteiger charge is 2.31. The van der Waals surface area contributed by atoms with E-state index in [1.54, 1.807) is 0 Å². The van der Waals surface area contributed by atoms with Gasteiger partial charge < -0.3 is 4.40 Å². The van der Waals surface area contributed by atoms with Crippen LogP contribution in [0.2, 0.25) is 0 Å². The van der Waals surface area contributed by atoms with Gasteiger partial charge in [0.1, 0.15) is 5.65 Å². The average Bonchev–Trinajstić information content (AvgIpc) is 3.43. The number of hydrogen-bond donors (Lipinski definition) is 0. The van der Waals surface area contributed by atoms with Gasteiger partial charge >= 0.3 is 0 Å². The molecule has 0 amide bonds. The number of aryl methyl sites for hydroxylation is 1. The highest BCUT2D eigenvalue weighted by molar-refractivity contribution is 7.91. The maximum atomic E-state index is 12.0. The van der Waals surface area contributed by atoms with Crippen molar-refractivity contribution in [3.05, 3.63) is 77.4 Å². The lowest BCUT2D eigenvalue weighted by atomic mass is 10.1. The molecule has 5 rings (SSSR count). The molecule has 1 aliphatic heterocycles. The second kappa shape index (κ2) is 8.43. The first-order valence-corrected chi connectivity index (χ1v) is 13.1. The number of imidazole rings is 1. The molecule has 1 aromatic carbocycles. The number of nitrogens with zero attached hydrogens (tertiary/aromatic N) is 5. The van der Waals surface area contributed by atoms with Gasteiger partial charge in [0.15, 0.2) is 9.84 Å². The molecule has 1 aliphatic rings. The van der Waals surface area contributed by atoms with Crippen LogP contribution >= 0.6 is 0 Å². The highest BCUT2D eigenvalue weighted by atomic mass is 32.2. The Balaban J connectivity index is 1.43. The summed E-state index contributed by atoms with van der Waals surface area (Å²) in [4.78, 5) is 7.18. The van der Waals surface area contributed by atoms with Crippen LogP contribution in [0.1, 0.15) is 35.1 Å². The number of hydrogen-bond acceptors (Lipinski definition) is 5. The Hall–Kier alpha value is -2.97. The molecule has 1 fully saturated rings. The topological polar surface area (TPSA) is 72.5 Å². The van der Waals surface area contributed by atoms with E-state index in [2.05, 4.69) is 41.6 Å². The SMILES string of the molecule is Cc1nn([C@H]2CCS(=O)(=O)C2)c(C)c1CN(C)Cc1c(-c2ccccc2)nc2ccccn12. The van der Waals surface area contributed by atoms with Crippen LogP contribution < -0.4 is 0 Å². The molecule has 0 saturated carbocycles. The van der Waals surface area contributed by atoms with Crippen LogP contribution in [0.15, 0.2) is 54.7 Å². The quantitative estimate of drug-likeness (QED) is 0.435. The van der Waals surface area contributed by atoms with E-state index in [-0.39, 0.29) is 17.5 Å². The van der Waals surface area contributed by atoms with E-state index in [9.17, 15) is 8.42 Å². The largest absolute Gasteiger partial charge is 0.302 e. The van der Waals surface area contributed by atoms with Crippen molar-refractivity contribution in [2.75, 3.05) is 18.6 Å². The molecule has 3 aromatic heterocycles. The van der Waals surface area contributed by atoms with Gasteiger partial charge in [-0.25, -0.2) is 13.4 Å². The second-order valence-corrected chi connectivity index (χ2v) is 11.3. The van der Waals surface area contributed by atoms with Crippen LogP contribution in [0.4, 0.5) is 0 Å². The molecular weight excluding hydrogens is 434 g/mol. The van der Waals surface area contributed by atoms with Crippen molar-refractivity contribution in [1.82, 2.24) is 24.1 Å². The molecule has 4 heterocycles. The standard InChI is InChI=1S/C25H29N5O2S/c1-18-22(19(2)30(27-18)21-12-14-33(31,32)17-21)15-28(3)16-23-25(20-9-5-4-6-10-20)26-24-11-7-8-13-29(23)24/h4-11,13,21H,12,14-17H2,1-3H3/t21-/m0/s1. The average molecular weight is 464 g/mol. The maximum Gasteiger partial charge on any atom is 0.152 e. The van der Waals surface area contributed by atoms with E-state index >= 15 is 0 Å². The van der Waals surface area contributed by atoms with E-state index in [1.165, 1.54) is 0 Å². The zero-order valence-corrected chi connectivity index (χ0v) is 20.1. The summed E-state index contributed by atoms with van der Waals surface area (Å²) >= 11 is 0. The van der Waals surface area contributed by atoms with Gasteiger partial charge in [0.05, 0.1) is 34.6 Å². The minimum atomic E-state index is -2.95. The van der Waals surface area contributed by atoms with Crippen molar-refractivity contribution in [3.8, 4) is 11.3 Å². The Morgan fingerprint density at radius 1 is 1.06 bits per heavy atom. The number of benzene rings is 1. The monoisotopic (exact) mass is 463 g/mol. The Kier molecular flexibility index (Phi) is 5.58. The first kappa shape index (κ1) is 21.9. The molecule has 1 atom stereocenters. The van der Waals surface area contributed by atoms with Gasteiger partial charge in [-0.1, -0.05) is 36.4 Å². The van der Waals surface area contributed by atoms with E-state index in [1.807, 2.05) is 48.0 Å². The van der Waals surface area contributed by atoms with Gasteiger partial charge in [-0.05, 0) is 39.4 Å². The van der Waals surface area contributed by atoms with Crippen molar-refractivity contribution in [2.24, 2.45) is 0 Å². The molecule has 7 nitrogen and oxygen atoms in total. The maximum absolute atomic E-state index is 12.0. The van der Waals surface area contributed by atoms with Crippen molar-refractivity contribution < 1.29 is 8.42 Å². The fourth-order valence-corrected chi connectivity index (χ4v) is 6.55. The van der Waals surface area contributed by atoms with Crippen LogP contribution in [0.25, 0.3) is 16.9 Å². The first-order chi connectivity index (χ1) is 15.8. The van der Waals surface area contributed by atoms with Crippen LogP contribution in [-0.2, 0) is 22.9 Å². The minimum Gasteiger partial charge on any atom is -0.302 e. The van der Waals surface area contributed by atoms with Gasteiger partial charge in [-0.3, -0.25) is 9.58 Å². The third kappa shape index (κ3) is 4.20. The summed E-state index contributed by atoms with van der Waals surface area (Å²) in [5.41, 5.74) is 7.36. The summed E-state index contributed by atoms with van der Waals surface area (Å²) in [6.07, 6.45) is 2.70. The van der Waals surface area contributed by atoms with Gasteiger partial charge in [0.2, 0.25) is 0 Å². The molecule has 0 radical (unpaired) electrons. The first-order valence-electron chi connectivity index (χ1n) is 11.3. The molecule has 0 unspecified atom stereocenters.